The van der Waals surface area contributed by atoms with Crippen molar-refractivity contribution in [2.45, 2.75) is 18.7 Å². The van der Waals surface area contributed by atoms with Gasteiger partial charge in [-0.25, -0.2) is 4.39 Å². The van der Waals surface area contributed by atoms with Crippen molar-refractivity contribution in [2.24, 2.45) is 0 Å². The first kappa shape index (κ1) is 13.8. The van der Waals surface area contributed by atoms with Crippen LogP contribution in [0.3, 0.4) is 0 Å². The van der Waals surface area contributed by atoms with Gasteiger partial charge in [0.25, 0.3) is 0 Å². The maximum absolute atomic E-state index is 13.7. The first-order valence-electron chi connectivity index (χ1n) is 6.57. The van der Waals surface area contributed by atoms with Crippen molar-refractivity contribution in [2.75, 3.05) is 37.6 Å². The summed E-state index contributed by atoms with van der Waals surface area (Å²) in [5, 5.41) is 0.574. The second-order valence-corrected chi connectivity index (χ2v) is 5.26. The highest BCUT2D eigenvalue weighted by molar-refractivity contribution is 9.08. The van der Waals surface area contributed by atoms with Crippen LogP contribution in [0.15, 0.2) is 18.2 Å². The number of hydrogen-bond donors (Lipinski definition) is 0. The standard InChI is InChI=1S/C14H20BrFN2/c1-2-6-17-7-9-18(10-8-17)14-5-3-4-13(16)12(14)11-15/h3-5H,2,6-11H2,1H3. The van der Waals surface area contributed by atoms with Gasteiger partial charge < -0.3 is 4.90 Å². The van der Waals surface area contributed by atoms with Crippen LogP contribution in [-0.4, -0.2) is 37.6 Å². The van der Waals surface area contributed by atoms with E-state index < -0.39 is 0 Å². The molecule has 0 N–H and O–H groups in total. The molecule has 0 aromatic heterocycles. The summed E-state index contributed by atoms with van der Waals surface area (Å²) in [6.45, 7) is 7.51. The summed E-state index contributed by atoms with van der Waals surface area (Å²) < 4.78 is 13.7. The van der Waals surface area contributed by atoms with Gasteiger partial charge in [-0.05, 0) is 25.1 Å². The zero-order chi connectivity index (χ0) is 13.0. The summed E-state index contributed by atoms with van der Waals surface area (Å²) in [4.78, 5) is 4.77. The van der Waals surface area contributed by atoms with Crippen LogP contribution in [0.2, 0.25) is 0 Å². The zero-order valence-electron chi connectivity index (χ0n) is 10.8. The molecule has 0 bridgehead atoms. The van der Waals surface area contributed by atoms with Crippen LogP contribution >= 0.6 is 15.9 Å². The van der Waals surface area contributed by atoms with Gasteiger partial charge in [0.15, 0.2) is 0 Å². The molecule has 18 heavy (non-hydrogen) atoms. The molecular formula is C14H20BrFN2. The molecule has 1 aliphatic rings. The minimum absolute atomic E-state index is 0.111. The molecule has 0 radical (unpaired) electrons. The van der Waals surface area contributed by atoms with Crippen molar-refractivity contribution in [1.29, 1.82) is 0 Å². The first-order valence-corrected chi connectivity index (χ1v) is 7.69. The Morgan fingerprint density at radius 3 is 2.56 bits per heavy atom. The lowest BCUT2D eigenvalue weighted by Gasteiger charge is -2.36. The van der Waals surface area contributed by atoms with E-state index in [9.17, 15) is 4.39 Å². The Hall–Kier alpha value is -0.610. The average Bonchev–Trinajstić information content (AvgIpc) is 2.40. The molecule has 0 atom stereocenters. The lowest BCUT2D eigenvalue weighted by molar-refractivity contribution is 0.258. The Kier molecular flexibility index (Phi) is 5.01. The van der Waals surface area contributed by atoms with E-state index in [4.69, 9.17) is 0 Å². The summed E-state index contributed by atoms with van der Waals surface area (Å²) >= 11 is 3.39. The van der Waals surface area contributed by atoms with Gasteiger partial charge in [0, 0.05) is 42.8 Å². The Morgan fingerprint density at radius 2 is 1.94 bits per heavy atom. The zero-order valence-corrected chi connectivity index (χ0v) is 12.4. The molecule has 0 saturated carbocycles. The molecule has 1 aliphatic heterocycles. The SMILES string of the molecule is CCCN1CCN(c2cccc(F)c2CBr)CC1. The number of hydrogen-bond acceptors (Lipinski definition) is 2. The molecule has 1 fully saturated rings. The largest absolute Gasteiger partial charge is 0.369 e. The van der Waals surface area contributed by atoms with Crippen LogP contribution in [0.25, 0.3) is 0 Å². The van der Waals surface area contributed by atoms with E-state index in [2.05, 4.69) is 32.7 Å². The minimum Gasteiger partial charge on any atom is -0.369 e. The summed E-state index contributed by atoms with van der Waals surface area (Å²) in [5.74, 6) is -0.111. The highest BCUT2D eigenvalue weighted by Gasteiger charge is 2.19. The van der Waals surface area contributed by atoms with Gasteiger partial charge in [0.05, 0.1) is 0 Å². The Morgan fingerprint density at radius 1 is 1.22 bits per heavy atom. The number of alkyl halides is 1. The summed E-state index contributed by atoms with van der Waals surface area (Å²) in [5.41, 5.74) is 1.82. The molecule has 2 rings (SSSR count). The first-order chi connectivity index (χ1) is 8.76. The fourth-order valence-electron chi connectivity index (χ4n) is 2.50. The van der Waals surface area contributed by atoms with Crippen molar-refractivity contribution in [3.63, 3.8) is 0 Å². The molecule has 0 aliphatic carbocycles. The van der Waals surface area contributed by atoms with E-state index in [0.29, 0.717) is 5.33 Å². The molecule has 0 spiro atoms. The second kappa shape index (κ2) is 6.53. The highest BCUT2D eigenvalue weighted by Crippen LogP contribution is 2.26. The molecule has 1 aromatic rings. The van der Waals surface area contributed by atoms with Crippen LogP contribution in [0.5, 0.6) is 0 Å². The monoisotopic (exact) mass is 314 g/mol. The number of benzene rings is 1. The molecule has 2 nitrogen and oxygen atoms in total. The van der Waals surface area contributed by atoms with Crippen molar-refractivity contribution >= 4 is 21.6 Å². The van der Waals surface area contributed by atoms with Crippen LogP contribution in [0, 0.1) is 5.82 Å². The van der Waals surface area contributed by atoms with E-state index in [1.807, 2.05) is 6.07 Å². The van der Waals surface area contributed by atoms with Crippen molar-refractivity contribution in [1.82, 2.24) is 4.90 Å². The van der Waals surface area contributed by atoms with Crippen molar-refractivity contribution in [3.05, 3.63) is 29.6 Å². The normalized spacial score (nSPS) is 17.2. The van der Waals surface area contributed by atoms with Crippen LogP contribution < -0.4 is 4.90 Å². The van der Waals surface area contributed by atoms with Gasteiger partial charge in [-0.2, -0.15) is 0 Å². The van der Waals surface area contributed by atoms with Crippen LogP contribution in [0.4, 0.5) is 10.1 Å². The van der Waals surface area contributed by atoms with Crippen molar-refractivity contribution < 1.29 is 4.39 Å². The van der Waals surface area contributed by atoms with Gasteiger partial charge in [-0.15, -0.1) is 0 Å². The predicted octanol–water partition coefficient (Wildman–Crippen LogP) is 3.25. The maximum Gasteiger partial charge on any atom is 0.129 e. The molecule has 4 heteroatoms. The van der Waals surface area contributed by atoms with Gasteiger partial charge in [0.2, 0.25) is 0 Å². The number of nitrogens with zero attached hydrogens (tertiary/aromatic N) is 2. The summed E-state index contributed by atoms with van der Waals surface area (Å²) in [6, 6.07) is 5.36. The van der Waals surface area contributed by atoms with E-state index in [1.165, 1.54) is 19.0 Å². The number of rotatable bonds is 4. The van der Waals surface area contributed by atoms with Gasteiger partial charge in [0.1, 0.15) is 5.82 Å². The number of anilines is 1. The van der Waals surface area contributed by atoms with Crippen LogP contribution in [-0.2, 0) is 5.33 Å². The Labute approximate surface area is 117 Å². The highest BCUT2D eigenvalue weighted by atomic mass is 79.9. The van der Waals surface area contributed by atoms with E-state index in [0.717, 1.165) is 37.4 Å². The lowest BCUT2D eigenvalue weighted by Crippen LogP contribution is -2.46. The molecule has 1 aromatic carbocycles. The molecule has 100 valence electrons. The lowest BCUT2D eigenvalue weighted by atomic mass is 10.1. The molecular weight excluding hydrogens is 295 g/mol. The Bertz CT molecular complexity index is 389. The fourth-order valence-corrected chi connectivity index (χ4v) is 3.06. The van der Waals surface area contributed by atoms with Gasteiger partial charge >= 0.3 is 0 Å². The van der Waals surface area contributed by atoms with E-state index >= 15 is 0 Å². The maximum atomic E-state index is 13.7. The third-order valence-electron chi connectivity index (χ3n) is 3.48. The minimum atomic E-state index is -0.111. The van der Waals surface area contributed by atoms with Crippen LogP contribution in [0.1, 0.15) is 18.9 Å². The quantitative estimate of drug-likeness (QED) is 0.787. The molecule has 0 amide bonds. The topological polar surface area (TPSA) is 6.48 Å². The van der Waals surface area contributed by atoms with Gasteiger partial charge in [-0.3, -0.25) is 4.90 Å². The molecule has 0 unspecified atom stereocenters. The third-order valence-corrected chi connectivity index (χ3v) is 4.04. The smallest absolute Gasteiger partial charge is 0.129 e. The third kappa shape index (κ3) is 3.04. The summed E-state index contributed by atoms with van der Waals surface area (Å²) in [7, 11) is 0. The van der Waals surface area contributed by atoms with E-state index in [-0.39, 0.29) is 5.82 Å². The second-order valence-electron chi connectivity index (χ2n) is 4.70. The Balaban J connectivity index is 2.07. The summed E-state index contributed by atoms with van der Waals surface area (Å²) in [6.07, 6.45) is 1.20. The number of piperazine rings is 1. The molecule has 1 heterocycles. The van der Waals surface area contributed by atoms with Gasteiger partial charge in [-0.1, -0.05) is 28.9 Å². The predicted molar refractivity (Wildman–Crippen MR) is 78.0 cm³/mol. The fraction of sp³-hybridized carbons (Fsp3) is 0.571. The average molecular weight is 315 g/mol. The number of halogens is 2. The van der Waals surface area contributed by atoms with Crippen molar-refractivity contribution in [3.8, 4) is 0 Å². The van der Waals surface area contributed by atoms with E-state index in [1.54, 1.807) is 6.07 Å². The molecule has 1 saturated heterocycles.